The second-order valence-electron chi connectivity index (χ2n) is 11.0. The molecule has 1 aromatic carbocycles. The van der Waals surface area contributed by atoms with Gasteiger partial charge in [-0.3, -0.25) is 4.90 Å². The van der Waals surface area contributed by atoms with Crippen LogP contribution in [0.5, 0.6) is 0 Å². The molecule has 204 valence electrons. The van der Waals surface area contributed by atoms with Crippen molar-refractivity contribution in [3.05, 3.63) is 53.1 Å². The quantitative estimate of drug-likeness (QED) is 0.371. The molecule has 0 N–H and O–H groups in total. The lowest BCUT2D eigenvalue weighted by molar-refractivity contribution is -0.138. The number of amides is 1. The fourth-order valence-corrected chi connectivity index (χ4v) is 4.00. The van der Waals surface area contributed by atoms with Gasteiger partial charge in [-0.1, -0.05) is 17.6 Å². The highest BCUT2D eigenvalue weighted by Gasteiger charge is 2.35. The number of halogens is 1. The molecule has 1 amide bonds. The molecule has 2 aromatic rings. The van der Waals surface area contributed by atoms with E-state index < -0.39 is 29.6 Å². The summed E-state index contributed by atoms with van der Waals surface area (Å²) in [5, 5.41) is 0. The van der Waals surface area contributed by atoms with Gasteiger partial charge in [0, 0.05) is 12.7 Å². The van der Waals surface area contributed by atoms with Gasteiger partial charge in [0.1, 0.15) is 19.3 Å². The fraction of sp³-hybridized carbons (Fsp3) is 0.536. The molecule has 2 heterocycles. The first-order chi connectivity index (χ1) is 17.6. The maximum absolute atomic E-state index is 13.5. The molecule has 8 nitrogen and oxygen atoms in total. The number of rotatable bonds is 8. The Morgan fingerprint density at radius 2 is 1.89 bits per heavy atom. The lowest BCUT2D eigenvalue weighted by Gasteiger charge is -2.31. The van der Waals surface area contributed by atoms with Gasteiger partial charge in [0.05, 0.1) is 24.5 Å². The maximum atomic E-state index is 13.5. The molecule has 1 aliphatic heterocycles. The number of carbonyl (C=O) groups is 2. The number of esters is 1. The number of carbonyl (C=O) groups excluding carboxylic acids is 2. The normalized spacial score (nSPS) is 16.9. The van der Waals surface area contributed by atoms with Crippen molar-refractivity contribution in [1.29, 1.82) is 0 Å². The summed E-state index contributed by atoms with van der Waals surface area (Å²) in [5.41, 5.74) is 0.705. The zero-order valence-electron chi connectivity index (χ0n) is 23.2. The Balaban J connectivity index is 2.06. The van der Waals surface area contributed by atoms with Crippen LogP contribution in [0.4, 0.5) is 14.9 Å². The van der Waals surface area contributed by atoms with Crippen molar-refractivity contribution in [2.24, 2.45) is 0 Å². The van der Waals surface area contributed by atoms with E-state index in [1.807, 2.05) is 13.8 Å². The number of benzene rings is 1. The Morgan fingerprint density at radius 3 is 2.45 bits per heavy atom. The van der Waals surface area contributed by atoms with E-state index in [9.17, 15) is 14.0 Å². The predicted molar refractivity (Wildman–Crippen MR) is 142 cm³/mol. The molecule has 2 radical (unpaired) electrons. The molecule has 1 fully saturated rings. The highest BCUT2D eigenvalue weighted by Crippen LogP contribution is 2.27. The summed E-state index contributed by atoms with van der Waals surface area (Å²) in [5.74, 6) is -1.81. The Kier molecular flexibility index (Phi) is 9.20. The van der Waals surface area contributed by atoms with E-state index >= 15 is 0 Å². The molecule has 0 aliphatic carbocycles. The summed E-state index contributed by atoms with van der Waals surface area (Å²) in [6.07, 6.45) is 0.783. The van der Waals surface area contributed by atoms with Crippen molar-refractivity contribution < 1.29 is 32.9 Å². The molecule has 1 aromatic heterocycles. The van der Waals surface area contributed by atoms with E-state index in [0.717, 1.165) is 5.56 Å². The van der Waals surface area contributed by atoms with Gasteiger partial charge in [-0.15, -0.1) is 0 Å². The SMILES string of the molecule is [B]c1c(Cc2ccc(F)cc2)cnc(C(=O)OC(C)C)c1N(CC[C@H]1COC(C)(C)O1)C(=O)OC(C)(C)C. The highest BCUT2D eigenvalue weighted by molar-refractivity contribution is 6.38. The Labute approximate surface area is 225 Å². The van der Waals surface area contributed by atoms with Crippen molar-refractivity contribution in [3.8, 4) is 0 Å². The third kappa shape index (κ3) is 8.01. The third-order valence-electron chi connectivity index (χ3n) is 5.64. The maximum Gasteiger partial charge on any atom is 0.414 e. The lowest BCUT2D eigenvalue weighted by atomic mass is 9.85. The number of hydrogen-bond donors (Lipinski definition) is 0. The van der Waals surface area contributed by atoms with Crippen molar-refractivity contribution in [1.82, 2.24) is 4.98 Å². The minimum absolute atomic E-state index is 0.0997. The number of aromatic nitrogens is 1. The molecule has 0 saturated carbocycles. The molecular weight excluding hydrogens is 490 g/mol. The van der Waals surface area contributed by atoms with Crippen LogP contribution in [-0.2, 0) is 25.4 Å². The molecule has 10 heteroatoms. The molecule has 38 heavy (non-hydrogen) atoms. The Morgan fingerprint density at radius 1 is 1.24 bits per heavy atom. The summed E-state index contributed by atoms with van der Waals surface area (Å²) in [6, 6.07) is 5.99. The minimum Gasteiger partial charge on any atom is -0.458 e. The van der Waals surface area contributed by atoms with Crippen LogP contribution in [0.3, 0.4) is 0 Å². The molecule has 3 rings (SSSR count). The first kappa shape index (κ1) is 29.6. The van der Waals surface area contributed by atoms with Gasteiger partial charge in [0.15, 0.2) is 11.5 Å². The van der Waals surface area contributed by atoms with Gasteiger partial charge in [-0.05, 0) is 84.6 Å². The van der Waals surface area contributed by atoms with E-state index in [1.165, 1.54) is 23.2 Å². The molecule has 1 atom stereocenters. The molecule has 1 aliphatic rings. The second kappa shape index (κ2) is 11.8. The van der Waals surface area contributed by atoms with E-state index in [4.69, 9.17) is 26.8 Å². The summed E-state index contributed by atoms with van der Waals surface area (Å²) >= 11 is 0. The van der Waals surface area contributed by atoms with Crippen LogP contribution >= 0.6 is 0 Å². The molecular formula is C28H36BFN2O6. The molecule has 0 bridgehead atoms. The fourth-order valence-electron chi connectivity index (χ4n) is 4.00. The monoisotopic (exact) mass is 526 g/mol. The van der Waals surface area contributed by atoms with Gasteiger partial charge < -0.3 is 18.9 Å². The molecule has 1 saturated heterocycles. The Bertz CT molecular complexity index is 1150. The number of hydrogen-bond acceptors (Lipinski definition) is 7. The topological polar surface area (TPSA) is 87.2 Å². The molecule has 0 unspecified atom stereocenters. The largest absolute Gasteiger partial charge is 0.458 e. The van der Waals surface area contributed by atoms with Crippen molar-refractivity contribution >= 4 is 31.1 Å². The van der Waals surface area contributed by atoms with Crippen LogP contribution in [0, 0.1) is 5.82 Å². The second-order valence-corrected chi connectivity index (χ2v) is 11.0. The Hall–Kier alpha value is -2.98. The van der Waals surface area contributed by atoms with Crippen LogP contribution in [0.15, 0.2) is 30.5 Å². The first-order valence-corrected chi connectivity index (χ1v) is 12.7. The van der Waals surface area contributed by atoms with Crippen molar-refractivity contribution in [2.45, 2.75) is 84.9 Å². The third-order valence-corrected chi connectivity index (χ3v) is 5.64. The van der Waals surface area contributed by atoms with Crippen molar-refractivity contribution in [3.63, 3.8) is 0 Å². The van der Waals surface area contributed by atoms with E-state index in [-0.39, 0.29) is 35.3 Å². The average Bonchev–Trinajstić information content (AvgIpc) is 3.14. The van der Waals surface area contributed by atoms with Crippen LogP contribution in [0.25, 0.3) is 0 Å². The zero-order valence-corrected chi connectivity index (χ0v) is 23.2. The van der Waals surface area contributed by atoms with Gasteiger partial charge >= 0.3 is 12.1 Å². The van der Waals surface area contributed by atoms with Crippen LogP contribution in [0.1, 0.15) is 76.5 Å². The standard InChI is InChI=1S/C28H36BFN2O6/c1-17(2)36-25(33)23-24(22(29)19(15-31-23)14-18-8-10-20(30)11-9-18)32(26(34)38-27(3,4)5)13-12-21-16-35-28(6,7)37-21/h8-11,15,17,21H,12-14,16H2,1-7H3/t21-/m0/s1. The zero-order chi connectivity index (χ0) is 28.3. The van der Waals surface area contributed by atoms with E-state index in [2.05, 4.69) is 4.98 Å². The number of ether oxygens (including phenoxy) is 4. The van der Waals surface area contributed by atoms with Gasteiger partial charge in [0.2, 0.25) is 0 Å². The number of nitrogens with zero attached hydrogens (tertiary/aromatic N) is 2. The summed E-state index contributed by atoms with van der Waals surface area (Å²) in [7, 11) is 6.63. The molecule has 0 spiro atoms. The van der Waals surface area contributed by atoms with Gasteiger partial charge in [0.25, 0.3) is 0 Å². The summed E-state index contributed by atoms with van der Waals surface area (Å²) in [6.45, 7) is 12.8. The smallest absolute Gasteiger partial charge is 0.414 e. The van der Waals surface area contributed by atoms with Gasteiger partial charge in [-0.2, -0.15) is 0 Å². The van der Waals surface area contributed by atoms with Crippen molar-refractivity contribution in [2.75, 3.05) is 18.1 Å². The number of pyridine rings is 1. The minimum atomic E-state index is -0.809. The first-order valence-electron chi connectivity index (χ1n) is 12.7. The number of anilines is 1. The predicted octanol–water partition coefficient (Wildman–Crippen LogP) is 4.45. The van der Waals surface area contributed by atoms with Crippen LogP contribution < -0.4 is 10.4 Å². The highest BCUT2D eigenvalue weighted by atomic mass is 19.1. The van der Waals surface area contributed by atoms with Crippen LogP contribution in [-0.4, -0.2) is 61.6 Å². The van der Waals surface area contributed by atoms with Gasteiger partial charge in [-0.25, -0.2) is 19.0 Å². The summed E-state index contributed by atoms with van der Waals surface area (Å²) in [4.78, 5) is 32.3. The lowest BCUT2D eigenvalue weighted by Crippen LogP contribution is -2.43. The van der Waals surface area contributed by atoms with E-state index in [0.29, 0.717) is 25.0 Å². The average molecular weight is 526 g/mol. The van der Waals surface area contributed by atoms with Crippen LogP contribution in [0.2, 0.25) is 0 Å². The summed E-state index contributed by atoms with van der Waals surface area (Å²) < 4.78 is 36.1. The van der Waals surface area contributed by atoms with E-state index in [1.54, 1.807) is 46.8 Å².